The van der Waals surface area contributed by atoms with Gasteiger partial charge in [0.1, 0.15) is 5.82 Å². The maximum Gasteiger partial charge on any atom is 0.389 e. The van der Waals surface area contributed by atoms with E-state index in [2.05, 4.69) is 36.5 Å². The fourth-order valence-corrected chi connectivity index (χ4v) is 1.80. The van der Waals surface area contributed by atoms with E-state index in [0.717, 1.165) is 13.0 Å². The second-order valence-electron chi connectivity index (χ2n) is 4.32. The van der Waals surface area contributed by atoms with Gasteiger partial charge in [-0.1, -0.05) is 6.92 Å². The van der Waals surface area contributed by atoms with Crippen molar-refractivity contribution < 1.29 is 13.2 Å². The van der Waals surface area contributed by atoms with Crippen LogP contribution in [-0.4, -0.2) is 29.2 Å². The molecule has 0 amide bonds. The van der Waals surface area contributed by atoms with Crippen molar-refractivity contribution in [1.82, 2.24) is 9.97 Å². The lowest BCUT2D eigenvalue weighted by molar-refractivity contribution is -0.135. The Morgan fingerprint density at radius 2 is 1.95 bits per heavy atom. The number of anilines is 2. The number of hydrogen-bond donors (Lipinski definition) is 2. The lowest BCUT2D eigenvalue weighted by Gasteiger charge is -2.10. The van der Waals surface area contributed by atoms with Crippen molar-refractivity contribution in [2.24, 2.45) is 0 Å². The van der Waals surface area contributed by atoms with Crippen LogP contribution in [0.5, 0.6) is 0 Å². The first-order valence-electron chi connectivity index (χ1n) is 6.49. The summed E-state index contributed by atoms with van der Waals surface area (Å²) in [5.74, 6) is 1.10. The molecular formula is C12H18BrF3N4. The number of aromatic nitrogens is 2. The molecule has 114 valence electrons. The van der Waals surface area contributed by atoms with Crippen LogP contribution in [-0.2, 0) is 0 Å². The minimum atomic E-state index is -4.08. The van der Waals surface area contributed by atoms with Gasteiger partial charge in [-0.05, 0) is 35.2 Å². The van der Waals surface area contributed by atoms with Gasteiger partial charge < -0.3 is 10.6 Å². The first kappa shape index (κ1) is 17.0. The van der Waals surface area contributed by atoms with E-state index in [1.54, 1.807) is 6.20 Å². The van der Waals surface area contributed by atoms with Gasteiger partial charge in [0.2, 0.25) is 5.95 Å². The molecule has 0 radical (unpaired) electrons. The molecule has 20 heavy (non-hydrogen) atoms. The minimum Gasteiger partial charge on any atom is -0.369 e. The van der Waals surface area contributed by atoms with Crippen LogP contribution in [0.25, 0.3) is 0 Å². The average molecular weight is 355 g/mol. The summed E-state index contributed by atoms with van der Waals surface area (Å²) in [7, 11) is 0. The Bertz CT molecular complexity index is 412. The Labute approximate surface area is 124 Å². The molecule has 0 aliphatic carbocycles. The molecule has 0 aliphatic rings. The van der Waals surface area contributed by atoms with Gasteiger partial charge in [0.05, 0.1) is 4.47 Å². The summed E-state index contributed by atoms with van der Waals surface area (Å²) >= 11 is 3.30. The maximum atomic E-state index is 12.0. The third-order valence-electron chi connectivity index (χ3n) is 2.46. The van der Waals surface area contributed by atoms with Gasteiger partial charge in [0.15, 0.2) is 0 Å². The lowest BCUT2D eigenvalue weighted by atomic mass is 10.2. The van der Waals surface area contributed by atoms with Crippen molar-refractivity contribution in [2.45, 2.75) is 38.8 Å². The van der Waals surface area contributed by atoms with E-state index < -0.39 is 12.6 Å². The number of unbranched alkanes of at least 4 members (excludes halogenated alkanes) is 1. The smallest absolute Gasteiger partial charge is 0.369 e. The van der Waals surface area contributed by atoms with E-state index >= 15 is 0 Å². The zero-order valence-electron chi connectivity index (χ0n) is 11.2. The second kappa shape index (κ2) is 8.28. The second-order valence-corrected chi connectivity index (χ2v) is 5.17. The molecule has 0 unspecified atom stereocenters. The van der Waals surface area contributed by atoms with E-state index in [4.69, 9.17) is 0 Å². The van der Waals surface area contributed by atoms with Gasteiger partial charge in [-0.15, -0.1) is 0 Å². The zero-order valence-corrected chi connectivity index (χ0v) is 12.8. The highest BCUT2D eigenvalue weighted by Crippen LogP contribution is 2.23. The molecule has 0 fully saturated rings. The largest absolute Gasteiger partial charge is 0.389 e. The van der Waals surface area contributed by atoms with E-state index in [-0.39, 0.29) is 6.42 Å². The van der Waals surface area contributed by atoms with Crippen molar-refractivity contribution in [3.8, 4) is 0 Å². The number of hydrogen-bond acceptors (Lipinski definition) is 4. The summed E-state index contributed by atoms with van der Waals surface area (Å²) in [6.45, 7) is 3.25. The van der Waals surface area contributed by atoms with Crippen LogP contribution in [0.15, 0.2) is 10.7 Å². The third kappa shape index (κ3) is 6.93. The molecule has 0 saturated carbocycles. The number of rotatable bonds is 8. The van der Waals surface area contributed by atoms with Gasteiger partial charge in [0.25, 0.3) is 0 Å². The van der Waals surface area contributed by atoms with Crippen LogP contribution in [0.3, 0.4) is 0 Å². The molecule has 2 N–H and O–H groups in total. The Morgan fingerprint density at radius 1 is 1.20 bits per heavy atom. The van der Waals surface area contributed by atoms with Crippen molar-refractivity contribution in [1.29, 1.82) is 0 Å². The van der Waals surface area contributed by atoms with Crippen molar-refractivity contribution in [3.05, 3.63) is 10.7 Å². The molecular weight excluding hydrogens is 337 g/mol. The quantitative estimate of drug-likeness (QED) is 0.686. The van der Waals surface area contributed by atoms with Gasteiger partial charge in [-0.2, -0.15) is 18.2 Å². The Morgan fingerprint density at radius 3 is 2.60 bits per heavy atom. The van der Waals surface area contributed by atoms with Crippen molar-refractivity contribution in [2.75, 3.05) is 23.7 Å². The van der Waals surface area contributed by atoms with Crippen LogP contribution < -0.4 is 10.6 Å². The zero-order chi connectivity index (χ0) is 15.0. The highest BCUT2D eigenvalue weighted by Gasteiger charge is 2.25. The minimum absolute atomic E-state index is 0.111. The summed E-state index contributed by atoms with van der Waals surface area (Å²) in [5, 5.41) is 6.06. The molecule has 1 aromatic rings. The normalized spacial score (nSPS) is 11.4. The number of halogens is 4. The summed E-state index contributed by atoms with van der Waals surface area (Å²) in [6.07, 6.45) is -1.70. The average Bonchev–Trinajstić information content (AvgIpc) is 2.37. The number of alkyl halides is 3. The fraction of sp³-hybridized carbons (Fsp3) is 0.667. The van der Waals surface area contributed by atoms with Crippen molar-refractivity contribution >= 4 is 27.7 Å². The SMILES string of the molecule is CCCNc1ncc(Br)c(NCCCCC(F)(F)F)n1. The molecule has 1 heterocycles. The van der Waals surface area contributed by atoms with Crippen LogP contribution in [0.1, 0.15) is 32.6 Å². The Kier molecular flexibility index (Phi) is 7.04. The van der Waals surface area contributed by atoms with Crippen LogP contribution in [0.2, 0.25) is 0 Å². The van der Waals surface area contributed by atoms with Gasteiger partial charge >= 0.3 is 6.18 Å². The predicted octanol–water partition coefficient (Wildman–Crippen LogP) is 4.21. The molecule has 0 aliphatic heterocycles. The number of nitrogens with zero attached hydrogens (tertiary/aromatic N) is 2. The highest BCUT2D eigenvalue weighted by atomic mass is 79.9. The van der Waals surface area contributed by atoms with E-state index in [1.165, 1.54) is 0 Å². The fourth-order valence-electron chi connectivity index (χ4n) is 1.47. The van der Waals surface area contributed by atoms with Crippen LogP contribution in [0, 0.1) is 0 Å². The number of nitrogens with one attached hydrogen (secondary N) is 2. The van der Waals surface area contributed by atoms with Crippen molar-refractivity contribution in [3.63, 3.8) is 0 Å². The Balaban J connectivity index is 2.38. The Hall–Kier alpha value is -1.05. The predicted molar refractivity (Wildman–Crippen MR) is 76.9 cm³/mol. The molecule has 0 atom stereocenters. The third-order valence-corrected chi connectivity index (χ3v) is 3.04. The molecule has 0 spiro atoms. The molecule has 1 rings (SSSR count). The molecule has 1 aromatic heterocycles. The van der Waals surface area contributed by atoms with Crippen LogP contribution >= 0.6 is 15.9 Å². The summed E-state index contributed by atoms with van der Waals surface area (Å²) in [5.41, 5.74) is 0. The molecule has 0 bridgehead atoms. The standard InChI is InChI=1S/C12H18BrF3N4/c1-2-6-18-11-19-8-9(13)10(20-11)17-7-4-3-5-12(14,15)16/h8H,2-7H2,1H3,(H2,17,18,19,20). The molecule has 0 saturated heterocycles. The monoisotopic (exact) mass is 354 g/mol. The van der Waals surface area contributed by atoms with E-state index in [9.17, 15) is 13.2 Å². The highest BCUT2D eigenvalue weighted by molar-refractivity contribution is 9.10. The maximum absolute atomic E-state index is 12.0. The molecule has 0 aromatic carbocycles. The summed E-state index contributed by atoms with van der Waals surface area (Å²) < 4.78 is 36.6. The first-order chi connectivity index (χ1) is 9.42. The van der Waals surface area contributed by atoms with Gasteiger partial charge in [-0.25, -0.2) is 4.98 Å². The van der Waals surface area contributed by atoms with Gasteiger partial charge in [-0.3, -0.25) is 0 Å². The van der Waals surface area contributed by atoms with E-state index in [1.807, 2.05) is 6.92 Å². The molecule has 8 heteroatoms. The summed E-state index contributed by atoms with van der Waals surface area (Å²) in [4.78, 5) is 8.35. The molecule has 4 nitrogen and oxygen atoms in total. The topological polar surface area (TPSA) is 49.8 Å². The van der Waals surface area contributed by atoms with Crippen LogP contribution in [0.4, 0.5) is 24.9 Å². The van der Waals surface area contributed by atoms with Gasteiger partial charge in [0, 0.05) is 25.7 Å². The van der Waals surface area contributed by atoms with E-state index in [0.29, 0.717) is 29.2 Å². The first-order valence-corrected chi connectivity index (χ1v) is 7.28. The lowest BCUT2D eigenvalue weighted by Crippen LogP contribution is -2.10. The summed E-state index contributed by atoms with van der Waals surface area (Å²) in [6, 6.07) is 0.